The standard InChI is InChI=1S/C18H29NO2S2/c1-5-6-7-8-9-10-11-14-12-15(22-3)17(16(13-14)23-4)19(2)18(20)21/h12-13H,5-11H2,1-4H3,(H,20,21). The molecule has 1 aromatic rings. The summed E-state index contributed by atoms with van der Waals surface area (Å²) < 4.78 is 0. The molecule has 1 amide bonds. The fourth-order valence-corrected chi connectivity index (χ4v) is 4.11. The number of anilines is 1. The minimum absolute atomic E-state index is 0.809. The highest BCUT2D eigenvalue weighted by Gasteiger charge is 2.18. The molecule has 1 N–H and O–H groups in total. The molecule has 0 aliphatic rings. The minimum Gasteiger partial charge on any atom is -0.465 e. The van der Waals surface area contributed by atoms with Gasteiger partial charge in [0.15, 0.2) is 0 Å². The number of carboxylic acid groups (broad SMARTS) is 1. The lowest BCUT2D eigenvalue weighted by Crippen LogP contribution is -2.25. The Morgan fingerprint density at radius 1 is 1.04 bits per heavy atom. The first-order valence-corrected chi connectivity index (χ1v) is 10.7. The molecule has 3 nitrogen and oxygen atoms in total. The second-order valence-electron chi connectivity index (χ2n) is 5.71. The van der Waals surface area contributed by atoms with E-state index in [1.807, 2.05) is 12.5 Å². The summed E-state index contributed by atoms with van der Waals surface area (Å²) in [5.41, 5.74) is 2.13. The minimum atomic E-state index is -0.917. The van der Waals surface area contributed by atoms with Crippen molar-refractivity contribution in [3.05, 3.63) is 17.7 Å². The molecule has 0 heterocycles. The van der Waals surface area contributed by atoms with Gasteiger partial charge in [-0.2, -0.15) is 0 Å². The maximum Gasteiger partial charge on any atom is 0.411 e. The molecule has 0 spiro atoms. The molecule has 23 heavy (non-hydrogen) atoms. The smallest absolute Gasteiger partial charge is 0.411 e. The summed E-state index contributed by atoms with van der Waals surface area (Å²) in [5.74, 6) is 0. The Bertz CT molecular complexity index is 481. The lowest BCUT2D eigenvalue weighted by molar-refractivity contribution is 0.203. The molecule has 0 fully saturated rings. The molecule has 1 aromatic carbocycles. The molecule has 0 radical (unpaired) electrons. The highest BCUT2D eigenvalue weighted by molar-refractivity contribution is 7.99. The highest BCUT2D eigenvalue weighted by Crippen LogP contribution is 2.38. The number of thioether (sulfide) groups is 2. The van der Waals surface area contributed by atoms with E-state index in [4.69, 9.17) is 0 Å². The van der Waals surface area contributed by atoms with Crippen molar-refractivity contribution in [2.75, 3.05) is 24.5 Å². The van der Waals surface area contributed by atoms with Crippen molar-refractivity contribution in [3.63, 3.8) is 0 Å². The molecule has 0 aromatic heterocycles. The van der Waals surface area contributed by atoms with E-state index in [0.29, 0.717) is 0 Å². The molecule has 0 aliphatic carbocycles. The first-order valence-electron chi connectivity index (χ1n) is 8.26. The van der Waals surface area contributed by atoms with Gasteiger partial charge in [-0.1, -0.05) is 39.0 Å². The molecule has 0 saturated heterocycles. The number of benzene rings is 1. The lowest BCUT2D eigenvalue weighted by Gasteiger charge is -2.21. The van der Waals surface area contributed by atoms with Gasteiger partial charge in [0.2, 0.25) is 0 Å². The Balaban J connectivity index is 2.81. The van der Waals surface area contributed by atoms with Crippen molar-refractivity contribution >= 4 is 35.3 Å². The first-order chi connectivity index (χ1) is 11.0. The number of amides is 1. The summed E-state index contributed by atoms with van der Waals surface area (Å²) in [5, 5.41) is 9.30. The second kappa shape index (κ2) is 10.9. The number of rotatable bonds is 10. The lowest BCUT2D eigenvalue weighted by atomic mass is 10.0. The fourth-order valence-electron chi connectivity index (χ4n) is 2.63. The van der Waals surface area contributed by atoms with E-state index in [-0.39, 0.29) is 0 Å². The number of nitrogens with zero attached hydrogens (tertiary/aromatic N) is 1. The van der Waals surface area contributed by atoms with Gasteiger partial charge in [0.05, 0.1) is 5.69 Å². The monoisotopic (exact) mass is 355 g/mol. The fraction of sp³-hybridized carbons (Fsp3) is 0.611. The predicted octanol–water partition coefficient (Wildman–Crippen LogP) is 6.15. The molecule has 0 atom stereocenters. The van der Waals surface area contributed by atoms with Gasteiger partial charge in [-0.15, -0.1) is 23.5 Å². The van der Waals surface area contributed by atoms with Gasteiger partial charge in [0.1, 0.15) is 0 Å². The van der Waals surface area contributed by atoms with Gasteiger partial charge in [-0.3, -0.25) is 4.90 Å². The van der Waals surface area contributed by atoms with E-state index >= 15 is 0 Å². The van der Waals surface area contributed by atoms with Crippen molar-refractivity contribution in [2.24, 2.45) is 0 Å². The zero-order valence-electron chi connectivity index (χ0n) is 14.7. The summed E-state index contributed by atoms with van der Waals surface area (Å²) in [7, 11) is 1.62. The molecule has 130 valence electrons. The van der Waals surface area contributed by atoms with Crippen LogP contribution in [0.5, 0.6) is 0 Å². The largest absolute Gasteiger partial charge is 0.465 e. The normalized spacial score (nSPS) is 10.8. The number of hydrogen-bond donors (Lipinski definition) is 1. The quantitative estimate of drug-likeness (QED) is 0.404. The maximum absolute atomic E-state index is 11.3. The average molecular weight is 356 g/mol. The van der Waals surface area contributed by atoms with E-state index in [2.05, 4.69) is 19.1 Å². The van der Waals surface area contributed by atoms with Crippen molar-refractivity contribution in [3.8, 4) is 0 Å². The van der Waals surface area contributed by atoms with Crippen molar-refractivity contribution < 1.29 is 9.90 Å². The zero-order valence-corrected chi connectivity index (χ0v) is 16.4. The van der Waals surface area contributed by atoms with E-state index in [0.717, 1.165) is 21.9 Å². The van der Waals surface area contributed by atoms with E-state index < -0.39 is 6.09 Å². The van der Waals surface area contributed by atoms with Crippen LogP contribution in [0.25, 0.3) is 0 Å². The second-order valence-corrected chi connectivity index (χ2v) is 7.40. The number of unbranched alkanes of at least 4 members (excludes halogenated alkanes) is 5. The van der Waals surface area contributed by atoms with E-state index in [1.165, 1.54) is 49.0 Å². The Labute approximate surface area is 149 Å². The van der Waals surface area contributed by atoms with Crippen LogP contribution in [0, 0.1) is 0 Å². The molecule has 1 rings (SSSR count). The third-order valence-corrected chi connectivity index (χ3v) is 5.48. The van der Waals surface area contributed by atoms with Crippen molar-refractivity contribution in [2.45, 2.75) is 61.7 Å². The van der Waals surface area contributed by atoms with Crippen LogP contribution in [0.2, 0.25) is 0 Å². The molecular weight excluding hydrogens is 326 g/mol. The van der Waals surface area contributed by atoms with Gasteiger partial charge in [0, 0.05) is 16.8 Å². The average Bonchev–Trinajstić information content (AvgIpc) is 2.56. The van der Waals surface area contributed by atoms with Crippen LogP contribution in [0.15, 0.2) is 21.9 Å². The van der Waals surface area contributed by atoms with Gasteiger partial charge in [-0.05, 0) is 43.0 Å². The maximum atomic E-state index is 11.3. The van der Waals surface area contributed by atoms with Crippen LogP contribution in [0.3, 0.4) is 0 Å². The van der Waals surface area contributed by atoms with Crippen LogP contribution >= 0.6 is 23.5 Å². The summed E-state index contributed by atoms with van der Waals surface area (Å²) >= 11 is 3.23. The SMILES string of the molecule is CCCCCCCCc1cc(SC)c(N(C)C(=O)O)c(SC)c1. The van der Waals surface area contributed by atoms with Crippen LogP contribution in [0.4, 0.5) is 10.5 Å². The predicted molar refractivity (Wildman–Crippen MR) is 104 cm³/mol. The molecule has 0 bridgehead atoms. The molecule has 0 aliphatic heterocycles. The Kier molecular flexibility index (Phi) is 9.56. The molecule has 0 unspecified atom stereocenters. The number of aryl methyl sites for hydroxylation is 1. The summed E-state index contributed by atoms with van der Waals surface area (Å²) in [4.78, 5) is 14.7. The molecule has 0 saturated carbocycles. The molecular formula is C18H29NO2S2. The number of hydrogen-bond acceptors (Lipinski definition) is 3. The Morgan fingerprint density at radius 2 is 1.57 bits per heavy atom. The van der Waals surface area contributed by atoms with Gasteiger partial charge >= 0.3 is 6.09 Å². The summed E-state index contributed by atoms with van der Waals surface area (Å²) in [6.07, 6.45) is 11.9. The van der Waals surface area contributed by atoms with Gasteiger partial charge in [-0.25, -0.2) is 4.79 Å². The van der Waals surface area contributed by atoms with Crippen LogP contribution in [0.1, 0.15) is 51.0 Å². The third-order valence-electron chi connectivity index (χ3n) is 3.98. The van der Waals surface area contributed by atoms with E-state index in [9.17, 15) is 9.90 Å². The number of carbonyl (C=O) groups is 1. The Morgan fingerprint density at radius 3 is 2.04 bits per heavy atom. The topological polar surface area (TPSA) is 40.5 Å². The highest BCUT2D eigenvalue weighted by atomic mass is 32.2. The van der Waals surface area contributed by atoms with Crippen LogP contribution in [-0.2, 0) is 6.42 Å². The van der Waals surface area contributed by atoms with Crippen LogP contribution in [-0.4, -0.2) is 30.8 Å². The summed E-state index contributed by atoms with van der Waals surface area (Å²) in [6, 6.07) is 4.32. The summed E-state index contributed by atoms with van der Waals surface area (Å²) in [6.45, 7) is 2.24. The van der Waals surface area contributed by atoms with Gasteiger partial charge < -0.3 is 5.11 Å². The van der Waals surface area contributed by atoms with Crippen molar-refractivity contribution in [1.29, 1.82) is 0 Å². The Hall–Kier alpha value is -0.810. The van der Waals surface area contributed by atoms with E-state index in [1.54, 1.807) is 30.6 Å². The molecule has 5 heteroatoms. The first kappa shape index (κ1) is 20.2. The van der Waals surface area contributed by atoms with Crippen molar-refractivity contribution in [1.82, 2.24) is 0 Å². The third kappa shape index (κ3) is 6.30. The van der Waals surface area contributed by atoms with Crippen LogP contribution < -0.4 is 4.90 Å². The van der Waals surface area contributed by atoms with Gasteiger partial charge in [0.25, 0.3) is 0 Å². The zero-order chi connectivity index (χ0) is 17.2.